The van der Waals surface area contributed by atoms with E-state index in [-0.39, 0.29) is 29.1 Å². The van der Waals surface area contributed by atoms with Crippen LogP contribution in [0.15, 0.2) is 0 Å². The van der Waals surface area contributed by atoms with Crippen LogP contribution in [0.4, 0.5) is 0 Å². The normalized spacial score (nSPS) is 3.75. The van der Waals surface area contributed by atoms with Crippen LogP contribution in [0.25, 0.3) is 0 Å². The fourth-order valence-corrected chi connectivity index (χ4v) is 0. The molecule has 0 fully saturated rings. The molecular formula is C2H7BF3NO. The van der Waals surface area contributed by atoms with Gasteiger partial charge >= 0.3 is 8.41 Å². The van der Waals surface area contributed by atoms with E-state index in [4.69, 9.17) is 10.8 Å². The summed E-state index contributed by atoms with van der Waals surface area (Å²) in [5.41, 5.74) is 4.78. The summed E-state index contributed by atoms with van der Waals surface area (Å²) in [6, 6.07) is 0. The quantitative estimate of drug-likeness (QED) is 0.345. The first-order chi connectivity index (χ1) is 1.91. The van der Waals surface area contributed by atoms with Crippen LogP contribution in [0.5, 0.6) is 0 Å². The van der Waals surface area contributed by atoms with Crippen LogP contribution in [0, 0.1) is 0 Å². The van der Waals surface area contributed by atoms with Gasteiger partial charge in [0.15, 0.2) is 0 Å². The largest absolute Gasteiger partial charge is 3.00 e. The van der Waals surface area contributed by atoms with Gasteiger partial charge in [0.25, 0.3) is 0 Å². The molecule has 0 saturated heterocycles. The van der Waals surface area contributed by atoms with Crippen molar-refractivity contribution >= 4 is 8.41 Å². The Hall–Kier alpha value is -0.225. The molecule has 0 saturated carbocycles. The summed E-state index contributed by atoms with van der Waals surface area (Å²) < 4.78 is 0. The van der Waals surface area contributed by atoms with Crippen LogP contribution in [0.3, 0.4) is 0 Å². The fourth-order valence-electron chi connectivity index (χ4n) is 0. The molecule has 0 atom stereocenters. The number of aliphatic hydroxyl groups excluding tert-OH is 1. The van der Waals surface area contributed by atoms with Crippen molar-refractivity contribution in [3.05, 3.63) is 0 Å². The summed E-state index contributed by atoms with van der Waals surface area (Å²) in [7, 11) is 0. The van der Waals surface area contributed by atoms with Crippen molar-refractivity contribution in [2.75, 3.05) is 13.2 Å². The molecule has 0 heterocycles. The number of rotatable bonds is 1. The van der Waals surface area contributed by atoms with E-state index >= 15 is 0 Å². The molecule has 6 heteroatoms. The first-order valence-electron chi connectivity index (χ1n) is 1.22. The second-order valence-corrected chi connectivity index (χ2v) is 0.512. The first kappa shape index (κ1) is 46.3. The zero-order chi connectivity index (χ0) is 3.41. The van der Waals surface area contributed by atoms with Gasteiger partial charge in [-0.15, -0.1) is 0 Å². The van der Waals surface area contributed by atoms with Gasteiger partial charge in [-0.2, -0.15) is 0 Å². The van der Waals surface area contributed by atoms with Crippen LogP contribution in [-0.2, 0) is 0 Å². The number of nitrogens with two attached hydrogens (primary N) is 1. The van der Waals surface area contributed by atoms with Crippen LogP contribution in [-0.4, -0.2) is 26.7 Å². The van der Waals surface area contributed by atoms with Gasteiger partial charge in [0.05, 0.1) is 6.61 Å². The predicted octanol–water partition coefficient (Wildman–Crippen LogP) is -10.4. The third-order valence-electron chi connectivity index (χ3n) is 0.129. The van der Waals surface area contributed by atoms with Crippen molar-refractivity contribution in [2.24, 2.45) is 5.73 Å². The summed E-state index contributed by atoms with van der Waals surface area (Å²) in [5, 5.41) is 7.75. The number of aliphatic hydroxyl groups is 1. The van der Waals surface area contributed by atoms with Gasteiger partial charge < -0.3 is 25.0 Å². The molecule has 3 N–H and O–H groups in total. The van der Waals surface area contributed by atoms with E-state index in [2.05, 4.69) is 0 Å². The molecule has 0 aliphatic heterocycles. The number of hydrogen-bond acceptors (Lipinski definition) is 2. The van der Waals surface area contributed by atoms with E-state index in [0.29, 0.717) is 6.54 Å². The molecule has 0 spiro atoms. The Morgan fingerprint density at radius 3 is 1.25 bits per heavy atom. The van der Waals surface area contributed by atoms with Gasteiger partial charge in [-0.1, -0.05) is 0 Å². The Labute approximate surface area is 47.7 Å². The maximum atomic E-state index is 7.75. The Kier molecular flexibility index (Phi) is 415. The minimum atomic E-state index is 0. The summed E-state index contributed by atoms with van der Waals surface area (Å²) in [5.74, 6) is 0. The third kappa shape index (κ3) is 219. The van der Waals surface area contributed by atoms with Gasteiger partial charge in [-0.3, -0.25) is 0 Å². The Morgan fingerprint density at radius 1 is 1.12 bits per heavy atom. The molecule has 2 nitrogen and oxygen atoms in total. The monoisotopic (exact) mass is 129 g/mol. The first-order valence-corrected chi connectivity index (χ1v) is 1.22. The average Bonchev–Trinajstić information content (AvgIpc) is 1.37. The zero-order valence-corrected chi connectivity index (χ0v) is 4.15. The molecule has 0 aromatic heterocycles. The maximum Gasteiger partial charge on any atom is 3.00 e. The van der Waals surface area contributed by atoms with E-state index in [1.54, 1.807) is 0 Å². The van der Waals surface area contributed by atoms with Gasteiger partial charge in [-0.25, -0.2) is 0 Å². The molecule has 0 bridgehead atoms. The van der Waals surface area contributed by atoms with Crippen LogP contribution in [0.1, 0.15) is 0 Å². The molecule has 0 aliphatic rings. The minimum Gasteiger partial charge on any atom is -1.00 e. The molecule has 8 heavy (non-hydrogen) atoms. The average molecular weight is 129 g/mol. The van der Waals surface area contributed by atoms with Gasteiger partial charge in [0, 0.05) is 6.54 Å². The van der Waals surface area contributed by atoms with E-state index in [9.17, 15) is 0 Å². The fraction of sp³-hybridized carbons (Fsp3) is 1.00. The second kappa shape index (κ2) is 71.7. The number of halogens is 3. The third-order valence-corrected chi connectivity index (χ3v) is 0.129. The Balaban J connectivity index is -0.00000000750. The molecule has 0 aromatic carbocycles. The summed E-state index contributed by atoms with van der Waals surface area (Å²) in [6.45, 7) is 0.472. The molecule has 0 radical (unpaired) electrons. The van der Waals surface area contributed by atoms with Gasteiger partial charge in [0.1, 0.15) is 0 Å². The van der Waals surface area contributed by atoms with Crippen LogP contribution < -0.4 is 19.8 Å². The topological polar surface area (TPSA) is 46.2 Å². The smallest absolute Gasteiger partial charge is 1.00 e. The van der Waals surface area contributed by atoms with E-state index < -0.39 is 0 Å². The molecule has 0 unspecified atom stereocenters. The van der Waals surface area contributed by atoms with Gasteiger partial charge in [0.2, 0.25) is 0 Å². The van der Waals surface area contributed by atoms with Crippen molar-refractivity contribution in [2.45, 2.75) is 0 Å². The summed E-state index contributed by atoms with van der Waals surface area (Å²) in [6.07, 6.45) is 0. The maximum absolute atomic E-state index is 7.75. The van der Waals surface area contributed by atoms with E-state index in [1.165, 1.54) is 0 Å². The molecular weight excluding hydrogens is 122 g/mol. The minimum absolute atomic E-state index is 0. The molecule has 50 valence electrons. The van der Waals surface area contributed by atoms with Crippen LogP contribution in [0.2, 0.25) is 0 Å². The van der Waals surface area contributed by atoms with Crippen molar-refractivity contribution < 1.29 is 19.2 Å². The second-order valence-electron chi connectivity index (χ2n) is 0.512. The summed E-state index contributed by atoms with van der Waals surface area (Å²) in [4.78, 5) is 0. The van der Waals surface area contributed by atoms with E-state index in [0.717, 1.165) is 0 Å². The van der Waals surface area contributed by atoms with Crippen molar-refractivity contribution in [3.8, 4) is 0 Å². The van der Waals surface area contributed by atoms with Crippen molar-refractivity contribution in [3.63, 3.8) is 0 Å². The van der Waals surface area contributed by atoms with Gasteiger partial charge in [-0.05, 0) is 0 Å². The van der Waals surface area contributed by atoms with Crippen molar-refractivity contribution in [1.82, 2.24) is 0 Å². The predicted molar refractivity (Wildman–Crippen MR) is 21.9 cm³/mol. The van der Waals surface area contributed by atoms with Crippen LogP contribution >= 0.6 is 0 Å². The summed E-state index contributed by atoms with van der Waals surface area (Å²) >= 11 is 0. The molecule has 0 aromatic rings. The molecule has 0 amide bonds. The molecule has 0 aliphatic carbocycles. The molecule has 0 rings (SSSR count). The SMILES string of the molecule is NCCO.[B+3].[F-].[F-].[F-]. The van der Waals surface area contributed by atoms with E-state index in [1.807, 2.05) is 0 Å². The Bertz CT molecular complexity index is 19.2. The van der Waals surface area contributed by atoms with Crippen molar-refractivity contribution in [1.29, 1.82) is 0 Å². The standard InChI is InChI=1S/C2H7NO.B.3FH/c3-1-2-4;;;;/h4H,1-3H2;;3*1H/q;+3;;;/p-3. The number of hydrogen-bond donors (Lipinski definition) is 2. The Morgan fingerprint density at radius 2 is 1.25 bits per heavy atom. The zero-order valence-electron chi connectivity index (χ0n) is 4.15.